The van der Waals surface area contributed by atoms with E-state index in [0.29, 0.717) is 6.61 Å². The van der Waals surface area contributed by atoms with Crippen LogP contribution in [-0.4, -0.2) is 17.3 Å². The minimum absolute atomic E-state index is 0.264. The molecule has 4 nitrogen and oxygen atoms in total. The largest absolute Gasteiger partial charge is 0.488 e. The Morgan fingerprint density at radius 2 is 1.63 bits per heavy atom. The standard InChI is InChI=1S/C23H21NO3/c1-2-17-9-13-21(14-10-17)24-15-20-5-3-4-6-22(20)27-16-18-7-11-19(12-8-18)23(25)26/h3-15H,2,16H2,1H3,(H,25,26). The summed E-state index contributed by atoms with van der Waals surface area (Å²) in [4.78, 5) is 15.4. The van der Waals surface area contributed by atoms with Gasteiger partial charge in [-0.25, -0.2) is 4.79 Å². The molecule has 0 unspecified atom stereocenters. The average Bonchev–Trinajstić information content (AvgIpc) is 2.72. The van der Waals surface area contributed by atoms with E-state index < -0.39 is 5.97 Å². The fourth-order valence-corrected chi connectivity index (χ4v) is 2.59. The molecule has 0 fully saturated rings. The van der Waals surface area contributed by atoms with Crippen molar-refractivity contribution in [3.05, 3.63) is 95.1 Å². The van der Waals surface area contributed by atoms with Gasteiger partial charge >= 0.3 is 5.97 Å². The first-order chi connectivity index (χ1) is 13.2. The molecule has 0 aromatic heterocycles. The summed E-state index contributed by atoms with van der Waals surface area (Å²) in [6.07, 6.45) is 2.80. The topological polar surface area (TPSA) is 58.9 Å². The number of hydrogen-bond acceptors (Lipinski definition) is 3. The molecule has 0 spiro atoms. The Labute approximate surface area is 158 Å². The zero-order valence-corrected chi connectivity index (χ0v) is 15.1. The number of benzene rings is 3. The fourth-order valence-electron chi connectivity index (χ4n) is 2.59. The Bertz CT molecular complexity index is 929. The fraction of sp³-hybridized carbons (Fsp3) is 0.130. The van der Waals surface area contributed by atoms with Crippen molar-refractivity contribution in [1.82, 2.24) is 0 Å². The van der Waals surface area contributed by atoms with Gasteiger partial charge in [-0.1, -0.05) is 43.3 Å². The molecule has 1 N–H and O–H groups in total. The third-order valence-electron chi connectivity index (χ3n) is 4.21. The first-order valence-corrected chi connectivity index (χ1v) is 8.83. The first-order valence-electron chi connectivity index (χ1n) is 8.83. The molecule has 0 aliphatic carbocycles. The molecule has 0 aliphatic rings. The SMILES string of the molecule is CCc1ccc(N=Cc2ccccc2OCc2ccc(C(=O)O)cc2)cc1. The predicted octanol–water partition coefficient (Wildman–Crippen LogP) is 5.28. The minimum atomic E-state index is -0.934. The van der Waals surface area contributed by atoms with E-state index in [-0.39, 0.29) is 5.56 Å². The van der Waals surface area contributed by atoms with E-state index in [1.165, 1.54) is 5.56 Å². The van der Waals surface area contributed by atoms with Crippen LogP contribution < -0.4 is 4.74 Å². The number of carbonyl (C=O) groups is 1. The van der Waals surface area contributed by atoms with Crippen molar-refractivity contribution in [1.29, 1.82) is 0 Å². The molecule has 0 aliphatic heterocycles. The maximum atomic E-state index is 10.9. The monoisotopic (exact) mass is 359 g/mol. The Morgan fingerprint density at radius 3 is 2.30 bits per heavy atom. The van der Waals surface area contributed by atoms with Crippen LogP contribution in [-0.2, 0) is 13.0 Å². The summed E-state index contributed by atoms with van der Waals surface area (Å²) in [6, 6.07) is 22.5. The maximum absolute atomic E-state index is 10.9. The number of rotatable bonds is 7. The number of carboxylic acids is 1. The molecule has 0 amide bonds. The van der Waals surface area contributed by atoms with Crippen molar-refractivity contribution in [3.8, 4) is 5.75 Å². The molecule has 0 saturated heterocycles. The number of para-hydroxylation sites is 1. The first kappa shape index (κ1) is 18.4. The van der Waals surface area contributed by atoms with E-state index in [1.807, 2.05) is 36.4 Å². The highest BCUT2D eigenvalue weighted by Crippen LogP contribution is 2.20. The lowest BCUT2D eigenvalue weighted by Crippen LogP contribution is -2.00. The second kappa shape index (κ2) is 8.81. The molecular formula is C23H21NO3. The quantitative estimate of drug-likeness (QED) is 0.584. The molecule has 4 heteroatoms. The summed E-state index contributed by atoms with van der Waals surface area (Å²) in [5, 5.41) is 8.96. The van der Waals surface area contributed by atoms with Crippen LogP contribution in [0, 0.1) is 0 Å². The summed E-state index contributed by atoms with van der Waals surface area (Å²) in [7, 11) is 0. The van der Waals surface area contributed by atoms with Crippen LogP contribution in [0.5, 0.6) is 5.75 Å². The number of hydrogen-bond donors (Lipinski definition) is 1. The smallest absolute Gasteiger partial charge is 0.335 e. The molecule has 0 radical (unpaired) electrons. The van der Waals surface area contributed by atoms with E-state index in [0.717, 1.165) is 29.0 Å². The van der Waals surface area contributed by atoms with Crippen LogP contribution in [0.4, 0.5) is 5.69 Å². The van der Waals surface area contributed by atoms with Gasteiger partial charge in [0.1, 0.15) is 12.4 Å². The average molecular weight is 359 g/mol. The minimum Gasteiger partial charge on any atom is -0.488 e. The van der Waals surface area contributed by atoms with Gasteiger partial charge in [-0.05, 0) is 53.9 Å². The van der Waals surface area contributed by atoms with Crippen LogP contribution >= 0.6 is 0 Å². The number of carboxylic acid groups (broad SMARTS) is 1. The molecule has 3 aromatic carbocycles. The van der Waals surface area contributed by atoms with Crippen molar-refractivity contribution in [2.24, 2.45) is 4.99 Å². The van der Waals surface area contributed by atoms with Crippen molar-refractivity contribution in [3.63, 3.8) is 0 Å². The van der Waals surface area contributed by atoms with Crippen molar-refractivity contribution >= 4 is 17.9 Å². The molecular weight excluding hydrogens is 338 g/mol. The second-order valence-corrected chi connectivity index (χ2v) is 6.11. The number of aromatic carboxylic acids is 1. The van der Waals surface area contributed by atoms with E-state index in [4.69, 9.17) is 9.84 Å². The Kier molecular flexibility index (Phi) is 6.00. The number of nitrogens with zero attached hydrogens (tertiary/aromatic N) is 1. The van der Waals surface area contributed by atoms with Crippen LogP contribution in [0.25, 0.3) is 0 Å². The molecule has 136 valence electrons. The highest BCUT2D eigenvalue weighted by atomic mass is 16.5. The van der Waals surface area contributed by atoms with Gasteiger partial charge in [-0.15, -0.1) is 0 Å². The lowest BCUT2D eigenvalue weighted by atomic mass is 10.1. The van der Waals surface area contributed by atoms with Crippen molar-refractivity contribution < 1.29 is 14.6 Å². The Morgan fingerprint density at radius 1 is 0.963 bits per heavy atom. The normalized spacial score (nSPS) is 10.9. The predicted molar refractivity (Wildman–Crippen MR) is 107 cm³/mol. The van der Waals surface area contributed by atoms with Crippen LogP contribution in [0.1, 0.15) is 34.0 Å². The summed E-state index contributed by atoms with van der Waals surface area (Å²) in [5.41, 5.74) is 4.24. The molecule has 3 aromatic rings. The second-order valence-electron chi connectivity index (χ2n) is 6.11. The van der Waals surface area contributed by atoms with E-state index >= 15 is 0 Å². The van der Waals surface area contributed by atoms with Gasteiger partial charge in [0.15, 0.2) is 0 Å². The summed E-state index contributed by atoms with van der Waals surface area (Å²) in [5.74, 6) is -0.204. The molecule has 0 atom stereocenters. The molecule has 3 rings (SSSR count). The molecule has 0 heterocycles. The van der Waals surface area contributed by atoms with Gasteiger partial charge in [-0.3, -0.25) is 4.99 Å². The van der Waals surface area contributed by atoms with E-state index in [1.54, 1.807) is 30.5 Å². The summed E-state index contributed by atoms with van der Waals surface area (Å²) in [6.45, 7) is 2.48. The molecule has 0 saturated carbocycles. The van der Waals surface area contributed by atoms with Crippen molar-refractivity contribution in [2.45, 2.75) is 20.0 Å². The van der Waals surface area contributed by atoms with E-state index in [2.05, 4.69) is 24.0 Å². The maximum Gasteiger partial charge on any atom is 0.335 e. The van der Waals surface area contributed by atoms with Gasteiger partial charge in [0, 0.05) is 11.8 Å². The lowest BCUT2D eigenvalue weighted by Gasteiger charge is -2.09. The van der Waals surface area contributed by atoms with Gasteiger partial charge < -0.3 is 9.84 Å². The number of aryl methyl sites for hydroxylation is 1. The van der Waals surface area contributed by atoms with Crippen molar-refractivity contribution in [2.75, 3.05) is 0 Å². The van der Waals surface area contributed by atoms with Gasteiger partial charge in [0.25, 0.3) is 0 Å². The third kappa shape index (κ3) is 5.05. The molecule has 0 bridgehead atoms. The molecule has 27 heavy (non-hydrogen) atoms. The number of aliphatic imine (C=N–C) groups is 1. The summed E-state index contributed by atoms with van der Waals surface area (Å²) >= 11 is 0. The zero-order valence-electron chi connectivity index (χ0n) is 15.1. The highest BCUT2D eigenvalue weighted by molar-refractivity contribution is 5.87. The van der Waals surface area contributed by atoms with Gasteiger partial charge in [-0.2, -0.15) is 0 Å². The number of ether oxygens (including phenoxy) is 1. The van der Waals surface area contributed by atoms with Crippen LogP contribution in [0.15, 0.2) is 77.8 Å². The van der Waals surface area contributed by atoms with E-state index in [9.17, 15) is 4.79 Å². The highest BCUT2D eigenvalue weighted by Gasteiger charge is 2.04. The summed E-state index contributed by atoms with van der Waals surface area (Å²) < 4.78 is 5.91. The Hall–Kier alpha value is -3.40. The third-order valence-corrected chi connectivity index (χ3v) is 4.21. The van der Waals surface area contributed by atoms with Crippen LogP contribution in [0.2, 0.25) is 0 Å². The van der Waals surface area contributed by atoms with Crippen LogP contribution in [0.3, 0.4) is 0 Å². The lowest BCUT2D eigenvalue weighted by molar-refractivity contribution is 0.0697. The van der Waals surface area contributed by atoms with Gasteiger partial charge in [0.2, 0.25) is 0 Å². The zero-order chi connectivity index (χ0) is 19.1. The van der Waals surface area contributed by atoms with Gasteiger partial charge in [0.05, 0.1) is 11.3 Å². The Balaban J connectivity index is 1.69.